The van der Waals surface area contributed by atoms with Crippen LogP contribution < -0.4 is 5.73 Å². The van der Waals surface area contributed by atoms with E-state index < -0.39 is 0 Å². The van der Waals surface area contributed by atoms with Gasteiger partial charge in [0.05, 0.1) is 5.69 Å². The highest BCUT2D eigenvalue weighted by atomic mass is 16.3. The van der Waals surface area contributed by atoms with Crippen LogP contribution in [0.25, 0.3) is 11.1 Å². The van der Waals surface area contributed by atoms with Crippen molar-refractivity contribution in [2.75, 3.05) is 5.73 Å². The second kappa shape index (κ2) is 2.75. The van der Waals surface area contributed by atoms with Crippen molar-refractivity contribution in [2.45, 2.75) is 32.6 Å². The van der Waals surface area contributed by atoms with E-state index in [2.05, 4.69) is 11.1 Å². The summed E-state index contributed by atoms with van der Waals surface area (Å²) in [5, 5.41) is 0. The Hall–Kier alpha value is -1.51. The van der Waals surface area contributed by atoms with Crippen molar-refractivity contribution in [1.82, 2.24) is 4.98 Å². The molecule has 1 aromatic heterocycles. The molecular weight excluding hydrogens is 188 g/mol. The maximum atomic E-state index is 5.99. The molecule has 0 radical (unpaired) electrons. The van der Waals surface area contributed by atoms with Crippen LogP contribution in [0.4, 0.5) is 5.69 Å². The number of oxazole rings is 1. The van der Waals surface area contributed by atoms with E-state index in [1.165, 1.54) is 12.8 Å². The van der Waals surface area contributed by atoms with Crippen LogP contribution in [0.3, 0.4) is 0 Å². The first-order valence-corrected chi connectivity index (χ1v) is 5.33. The summed E-state index contributed by atoms with van der Waals surface area (Å²) in [5.74, 6) is 1.40. The van der Waals surface area contributed by atoms with Crippen LogP contribution >= 0.6 is 0 Å². The van der Waals surface area contributed by atoms with Gasteiger partial charge in [-0.05, 0) is 37.8 Å². The lowest BCUT2D eigenvalue weighted by Crippen LogP contribution is -1.91. The van der Waals surface area contributed by atoms with Crippen LogP contribution in [-0.2, 0) is 0 Å². The van der Waals surface area contributed by atoms with Gasteiger partial charge in [0.2, 0.25) is 0 Å². The van der Waals surface area contributed by atoms with Gasteiger partial charge in [-0.25, -0.2) is 4.98 Å². The summed E-state index contributed by atoms with van der Waals surface area (Å²) in [5.41, 5.74) is 10.6. The third-order valence-electron chi connectivity index (χ3n) is 3.05. The van der Waals surface area contributed by atoms with E-state index in [-0.39, 0.29) is 0 Å². The molecular formula is C12H14N2O. The Morgan fingerprint density at radius 1 is 1.33 bits per heavy atom. The first-order chi connectivity index (χ1) is 7.16. The molecule has 1 heterocycles. The molecule has 1 aliphatic rings. The van der Waals surface area contributed by atoms with E-state index >= 15 is 0 Å². The number of fused-ring (bicyclic) bond motifs is 1. The van der Waals surface area contributed by atoms with Gasteiger partial charge < -0.3 is 10.2 Å². The van der Waals surface area contributed by atoms with Crippen molar-refractivity contribution >= 4 is 16.8 Å². The van der Waals surface area contributed by atoms with Crippen LogP contribution in [0.1, 0.15) is 35.8 Å². The van der Waals surface area contributed by atoms with E-state index in [0.717, 1.165) is 33.8 Å². The molecule has 0 amide bonds. The average Bonchev–Trinajstić information content (AvgIpc) is 2.94. The number of nitrogens with zero attached hydrogens (tertiary/aromatic N) is 1. The lowest BCUT2D eigenvalue weighted by atomic mass is 10.1. The first-order valence-electron chi connectivity index (χ1n) is 5.33. The Balaban J connectivity index is 2.32. The molecule has 0 spiro atoms. The lowest BCUT2D eigenvalue weighted by molar-refractivity contribution is 0.534. The summed E-state index contributed by atoms with van der Waals surface area (Å²) in [6, 6.07) is 2.07. The molecule has 3 heteroatoms. The maximum Gasteiger partial charge on any atom is 0.198 e. The minimum Gasteiger partial charge on any atom is -0.438 e. The fraction of sp³-hybridized carbons (Fsp3) is 0.417. The normalized spacial score (nSPS) is 16.1. The van der Waals surface area contributed by atoms with Crippen LogP contribution in [0.5, 0.6) is 0 Å². The molecule has 78 valence electrons. The molecule has 1 saturated carbocycles. The molecule has 1 aromatic carbocycles. The van der Waals surface area contributed by atoms with Gasteiger partial charge in [-0.15, -0.1) is 0 Å². The topological polar surface area (TPSA) is 52.0 Å². The Morgan fingerprint density at radius 3 is 2.73 bits per heavy atom. The number of aromatic nitrogens is 1. The molecule has 0 bridgehead atoms. The molecule has 3 nitrogen and oxygen atoms in total. The predicted octanol–water partition coefficient (Wildman–Crippen LogP) is 2.90. The second-order valence-corrected chi connectivity index (χ2v) is 4.43. The summed E-state index contributed by atoms with van der Waals surface area (Å²) < 4.78 is 5.75. The van der Waals surface area contributed by atoms with Gasteiger partial charge in [-0.3, -0.25) is 0 Å². The zero-order valence-electron chi connectivity index (χ0n) is 9.00. The lowest BCUT2D eigenvalue weighted by Gasteiger charge is -2.01. The standard InChI is InChI=1S/C12H14N2O/c1-6-5-7(2)10-11(9(6)13)15-12(14-10)8-3-4-8/h5,8H,3-4,13H2,1-2H3. The summed E-state index contributed by atoms with van der Waals surface area (Å²) in [6.07, 6.45) is 2.40. The minimum atomic E-state index is 0.538. The largest absolute Gasteiger partial charge is 0.438 e. The summed E-state index contributed by atoms with van der Waals surface area (Å²) in [7, 11) is 0. The zero-order chi connectivity index (χ0) is 10.6. The van der Waals surface area contributed by atoms with Crippen molar-refractivity contribution in [3.63, 3.8) is 0 Å². The first kappa shape index (κ1) is 8.77. The number of nitrogen functional groups attached to an aromatic ring is 1. The fourth-order valence-electron chi connectivity index (χ4n) is 1.94. The Kier molecular flexibility index (Phi) is 1.61. The highest BCUT2D eigenvalue weighted by Crippen LogP contribution is 2.42. The van der Waals surface area contributed by atoms with Crippen molar-refractivity contribution in [2.24, 2.45) is 0 Å². The summed E-state index contributed by atoms with van der Waals surface area (Å²) >= 11 is 0. The predicted molar refractivity (Wildman–Crippen MR) is 59.9 cm³/mol. The molecule has 3 rings (SSSR count). The molecule has 0 aliphatic heterocycles. The highest BCUT2D eigenvalue weighted by molar-refractivity contribution is 5.89. The van der Waals surface area contributed by atoms with Gasteiger partial charge in [-0.2, -0.15) is 0 Å². The number of hydrogen-bond acceptors (Lipinski definition) is 3. The van der Waals surface area contributed by atoms with Crippen LogP contribution in [0.2, 0.25) is 0 Å². The summed E-state index contributed by atoms with van der Waals surface area (Å²) in [4.78, 5) is 4.53. The number of aryl methyl sites for hydroxylation is 2. The van der Waals surface area contributed by atoms with E-state index in [9.17, 15) is 0 Å². The Labute approximate surface area is 88.3 Å². The van der Waals surface area contributed by atoms with Crippen molar-refractivity contribution in [3.05, 3.63) is 23.1 Å². The van der Waals surface area contributed by atoms with Crippen LogP contribution in [0, 0.1) is 13.8 Å². The van der Waals surface area contributed by atoms with Gasteiger partial charge in [0.25, 0.3) is 0 Å². The van der Waals surface area contributed by atoms with Gasteiger partial charge in [-0.1, -0.05) is 6.07 Å². The van der Waals surface area contributed by atoms with Crippen molar-refractivity contribution < 1.29 is 4.42 Å². The monoisotopic (exact) mass is 202 g/mol. The smallest absolute Gasteiger partial charge is 0.198 e. The highest BCUT2D eigenvalue weighted by Gasteiger charge is 2.29. The SMILES string of the molecule is Cc1cc(C)c2nc(C3CC3)oc2c1N. The molecule has 1 fully saturated rings. The second-order valence-electron chi connectivity index (χ2n) is 4.43. The van der Waals surface area contributed by atoms with Gasteiger partial charge in [0, 0.05) is 5.92 Å². The number of rotatable bonds is 1. The van der Waals surface area contributed by atoms with Gasteiger partial charge in [0.15, 0.2) is 11.5 Å². The van der Waals surface area contributed by atoms with Crippen molar-refractivity contribution in [1.29, 1.82) is 0 Å². The number of nitrogens with two attached hydrogens (primary N) is 1. The number of anilines is 1. The number of hydrogen-bond donors (Lipinski definition) is 1. The zero-order valence-corrected chi connectivity index (χ0v) is 9.00. The van der Waals surface area contributed by atoms with E-state index in [0.29, 0.717) is 5.92 Å². The Morgan fingerprint density at radius 2 is 2.07 bits per heavy atom. The van der Waals surface area contributed by atoms with E-state index in [4.69, 9.17) is 10.2 Å². The molecule has 0 unspecified atom stereocenters. The average molecular weight is 202 g/mol. The number of benzene rings is 1. The van der Waals surface area contributed by atoms with Crippen LogP contribution in [-0.4, -0.2) is 4.98 Å². The molecule has 2 N–H and O–H groups in total. The molecule has 15 heavy (non-hydrogen) atoms. The third kappa shape index (κ3) is 1.23. The third-order valence-corrected chi connectivity index (χ3v) is 3.05. The quantitative estimate of drug-likeness (QED) is 0.723. The fourth-order valence-corrected chi connectivity index (χ4v) is 1.94. The van der Waals surface area contributed by atoms with Gasteiger partial charge >= 0.3 is 0 Å². The molecule has 1 aliphatic carbocycles. The molecule has 0 saturated heterocycles. The Bertz CT molecular complexity index is 538. The van der Waals surface area contributed by atoms with E-state index in [1.54, 1.807) is 0 Å². The molecule has 0 atom stereocenters. The molecule has 2 aromatic rings. The van der Waals surface area contributed by atoms with Crippen molar-refractivity contribution in [3.8, 4) is 0 Å². The van der Waals surface area contributed by atoms with E-state index in [1.807, 2.05) is 13.8 Å². The summed E-state index contributed by atoms with van der Waals surface area (Å²) in [6.45, 7) is 4.05. The van der Waals surface area contributed by atoms with Gasteiger partial charge in [0.1, 0.15) is 5.52 Å². The van der Waals surface area contributed by atoms with Crippen LogP contribution in [0.15, 0.2) is 10.5 Å². The maximum absolute atomic E-state index is 5.99. The minimum absolute atomic E-state index is 0.538.